The van der Waals surface area contributed by atoms with Gasteiger partial charge in [-0.25, -0.2) is 0 Å². The van der Waals surface area contributed by atoms with E-state index in [4.69, 9.17) is 0 Å². The van der Waals surface area contributed by atoms with Crippen molar-refractivity contribution in [1.29, 1.82) is 0 Å². The highest BCUT2D eigenvalue weighted by molar-refractivity contribution is 5.62. The van der Waals surface area contributed by atoms with Crippen LogP contribution in [-0.2, 0) is 6.18 Å². The Hall–Kier alpha value is -1.45. The van der Waals surface area contributed by atoms with Crippen molar-refractivity contribution in [3.05, 3.63) is 42.0 Å². The van der Waals surface area contributed by atoms with Crippen LogP contribution >= 0.6 is 0 Å². The third-order valence-corrected chi connectivity index (χ3v) is 3.54. The van der Waals surface area contributed by atoms with Crippen molar-refractivity contribution in [2.24, 2.45) is 0 Å². The van der Waals surface area contributed by atoms with E-state index in [9.17, 15) is 13.2 Å². The lowest BCUT2D eigenvalue weighted by molar-refractivity contribution is -0.137. The molecule has 4 heteroatoms. The minimum Gasteiger partial charge on any atom is -0.382 e. The summed E-state index contributed by atoms with van der Waals surface area (Å²) in [5, 5.41) is 3.32. The van der Waals surface area contributed by atoms with Crippen LogP contribution in [0.5, 0.6) is 0 Å². The van der Waals surface area contributed by atoms with E-state index in [-0.39, 0.29) is 0 Å². The smallest absolute Gasteiger partial charge is 0.382 e. The van der Waals surface area contributed by atoms with Gasteiger partial charge in [-0.05, 0) is 30.5 Å². The zero-order valence-electron chi connectivity index (χ0n) is 10.8. The molecule has 1 aliphatic carbocycles. The van der Waals surface area contributed by atoms with Crippen molar-refractivity contribution in [3.8, 4) is 0 Å². The molecule has 0 saturated heterocycles. The highest BCUT2D eigenvalue weighted by Gasteiger charge is 2.30. The summed E-state index contributed by atoms with van der Waals surface area (Å²) < 4.78 is 37.4. The number of hydrogen-bond acceptors (Lipinski definition) is 1. The summed E-state index contributed by atoms with van der Waals surface area (Å²) in [7, 11) is 0. The summed E-state index contributed by atoms with van der Waals surface area (Å²) >= 11 is 0. The van der Waals surface area contributed by atoms with E-state index in [0.717, 1.165) is 30.5 Å². The standard InChI is InChI=1S/C15H18F3N/c1-11(19-14-5-3-2-4-6-14)12-7-9-13(10-8-12)15(16,17)18/h7-10,14,19H,1-6H2. The van der Waals surface area contributed by atoms with Gasteiger partial charge >= 0.3 is 6.18 Å². The van der Waals surface area contributed by atoms with Crippen LogP contribution in [0.3, 0.4) is 0 Å². The fourth-order valence-electron chi connectivity index (χ4n) is 2.44. The Morgan fingerprint density at radius 1 is 1.05 bits per heavy atom. The average molecular weight is 269 g/mol. The van der Waals surface area contributed by atoms with E-state index in [0.29, 0.717) is 11.7 Å². The molecule has 104 valence electrons. The van der Waals surface area contributed by atoms with Gasteiger partial charge in [0.25, 0.3) is 0 Å². The molecule has 0 bridgehead atoms. The summed E-state index contributed by atoms with van der Waals surface area (Å²) in [5.74, 6) is 0. The summed E-state index contributed by atoms with van der Waals surface area (Å²) in [6.07, 6.45) is 1.62. The topological polar surface area (TPSA) is 12.0 Å². The molecule has 0 heterocycles. The van der Waals surface area contributed by atoms with E-state index in [1.165, 1.54) is 31.4 Å². The Kier molecular flexibility index (Phi) is 4.17. The number of alkyl halides is 3. The second kappa shape index (κ2) is 5.68. The van der Waals surface area contributed by atoms with Gasteiger partial charge in [-0.1, -0.05) is 38.0 Å². The minimum atomic E-state index is -4.28. The first-order chi connectivity index (χ1) is 8.97. The van der Waals surface area contributed by atoms with E-state index >= 15 is 0 Å². The van der Waals surface area contributed by atoms with E-state index in [1.807, 2.05) is 0 Å². The summed E-state index contributed by atoms with van der Waals surface area (Å²) in [4.78, 5) is 0. The van der Waals surface area contributed by atoms with Crippen LogP contribution in [0.2, 0.25) is 0 Å². The van der Waals surface area contributed by atoms with Crippen LogP contribution in [0.25, 0.3) is 5.70 Å². The molecular formula is C15H18F3N. The molecule has 1 N–H and O–H groups in total. The van der Waals surface area contributed by atoms with E-state index in [2.05, 4.69) is 11.9 Å². The molecule has 1 fully saturated rings. The van der Waals surface area contributed by atoms with Gasteiger partial charge in [0.1, 0.15) is 0 Å². The van der Waals surface area contributed by atoms with E-state index in [1.54, 1.807) is 0 Å². The summed E-state index contributed by atoms with van der Waals surface area (Å²) in [5.41, 5.74) is 0.806. The van der Waals surface area contributed by atoms with Crippen LogP contribution in [0.15, 0.2) is 30.8 Å². The number of benzene rings is 1. The maximum Gasteiger partial charge on any atom is 0.416 e. The maximum absolute atomic E-state index is 12.5. The monoisotopic (exact) mass is 269 g/mol. The average Bonchev–Trinajstić information content (AvgIpc) is 2.39. The lowest BCUT2D eigenvalue weighted by atomic mass is 9.95. The molecule has 0 aromatic heterocycles. The zero-order chi connectivity index (χ0) is 13.9. The highest BCUT2D eigenvalue weighted by atomic mass is 19.4. The first-order valence-corrected chi connectivity index (χ1v) is 6.60. The lowest BCUT2D eigenvalue weighted by Gasteiger charge is -2.25. The van der Waals surface area contributed by atoms with Crippen LogP contribution in [0.4, 0.5) is 13.2 Å². The van der Waals surface area contributed by atoms with Gasteiger partial charge in [0, 0.05) is 11.7 Å². The van der Waals surface area contributed by atoms with Crippen molar-refractivity contribution in [1.82, 2.24) is 5.32 Å². The normalized spacial score (nSPS) is 17.2. The van der Waals surface area contributed by atoms with Gasteiger partial charge in [-0.15, -0.1) is 0 Å². The molecule has 0 atom stereocenters. The van der Waals surface area contributed by atoms with Gasteiger partial charge < -0.3 is 5.32 Å². The predicted octanol–water partition coefficient (Wildman–Crippen LogP) is 4.60. The first-order valence-electron chi connectivity index (χ1n) is 6.60. The molecule has 2 rings (SSSR count). The molecule has 0 unspecified atom stereocenters. The molecule has 1 nitrogen and oxygen atoms in total. The van der Waals surface area contributed by atoms with Gasteiger partial charge in [0.2, 0.25) is 0 Å². The number of hydrogen-bond donors (Lipinski definition) is 1. The quantitative estimate of drug-likeness (QED) is 0.845. The molecule has 1 aliphatic rings. The van der Waals surface area contributed by atoms with Crippen molar-refractivity contribution < 1.29 is 13.2 Å². The molecule has 0 amide bonds. The van der Waals surface area contributed by atoms with Crippen molar-refractivity contribution in [2.75, 3.05) is 0 Å². The third-order valence-electron chi connectivity index (χ3n) is 3.54. The first kappa shape index (κ1) is 14.0. The summed E-state index contributed by atoms with van der Waals surface area (Å²) in [6, 6.07) is 5.55. The number of rotatable bonds is 3. The second-order valence-corrected chi connectivity index (χ2v) is 5.03. The minimum absolute atomic E-state index is 0.406. The Bertz CT molecular complexity index is 428. The lowest BCUT2D eigenvalue weighted by Crippen LogP contribution is -2.29. The maximum atomic E-state index is 12.5. The Balaban J connectivity index is 1.99. The van der Waals surface area contributed by atoms with Gasteiger partial charge in [0.15, 0.2) is 0 Å². The Labute approximate surface area is 111 Å². The van der Waals surface area contributed by atoms with Gasteiger partial charge in [0.05, 0.1) is 5.56 Å². The van der Waals surface area contributed by atoms with Gasteiger partial charge in [-0.3, -0.25) is 0 Å². The van der Waals surface area contributed by atoms with Crippen molar-refractivity contribution in [3.63, 3.8) is 0 Å². The van der Waals surface area contributed by atoms with Crippen molar-refractivity contribution >= 4 is 5.70 Å². The predicted molar refractivity (Wildman–Crippen MR) is 70.5 cm³/mol. The van der Waals surface area contributed by atoms with E-state index < -0.39 is 11.7 Å². The third kappa shape index (κ3) is 3.75. The second-order valence-electron chi connectivity index (χ2n) is 5.03. The highest BCUT2D eigenvalue weighted by Crippen LogP contribution is 2.30. The Morgan fingerprint density at radius 3 is 2.16 bits per heavy atom. The molecule has 0 spiro atoms. The molecular weight excluding hydrogens is 251 g/mol. The molecule has 19 heavy (non-hydrogen) atoms. The zero-order valence-corrected chi connectivity index (χ0v) is 10.8. The van der Waals surface area contributed by atoms with Crippen molar-refractivity contribution in [2.45, 2.75) is 44.3 Å². The number of halogens is 3. The van der Waals surface area contributed by atoms with Crippen LogP contribution < -0.4 is 5.32 Å². The SMILES string of the molecule is C=C(NC1CCCCC1)c1ccc(C(F)(F)F)cc1. The number of nitrogens with one attached hydrogen (secondary N) is 1. The summed E-state index contributed by atoms with van der Waals surface area (Å²) in [6.45, 7) is 3.92. The fourth-order valence-corrected chi connectivity index (χ4v) is 2.44. The van der Waals surface area contributed by atoms with Crippen LogP contribution in [0, 0.1) is 0 Å². The fraction of sp³-hybridized carbons (Fsp3) is 0.467. The van der Waals surface area contributed by atoms with Crippen LogP contribution in [-0.4, -0.2) is 6.04 Å². The molecule has 1 saturated carbocycles. The molecule has 0 aliphatic heterocycles. The molecule has 1 aromatic rings. The molecule has 1 aromatic carbocycles. The van der Waals surface area contributed by atoms with Crippen LogP contribution in [0.1, 0.15) is 43.2 Å². The largest absolute Gasteiger partial charge is 0.416 e. The Morgan fingerprint density at radius 2 is 1.63 bits per heavy atom. The van der Waals surface area contributed by atoms with Gasteiger partial charge in [-0.2, -0.15) is 13.2 Å². The molecule has 0 radical (unpaired) electrons.